The molecule has 3 nitrogen and oxygen atoms in total. The predicted molar refractivity (Wildman–Crippen MR) is 85.7 cm³/mol. The Labute approximate surface area is 127 Å². The normalized spacial score (nSPS) is 22.2. The van der Waals surface area contributed by atoms with Crippen molar-refractivity contribution in [2.24, 2.45) is 5.92 Å². The number of nitrogens with zero attached hydrogens (tertiary/aromatic N) is 2. The standard InChI is InChI=1S/C18H26N2O/c1-14-3-7-17(8-4-14)18(21)15(2)20-11-9-19(10-12-20)13-16-5-6-16/h3-4,7-8,15-16H,5-6,9-13H2,1-2H3. The molecule has 1 aromatic rings. The number of hydrogen-bond donors (Lipinski definition) is 0. The van der Waals surface area contributed by atoms with Gasteiger partial charge >= 0.3 is 0 Å². The number of benzene rings is 1. The van der Waals surface area contributed by atoms with Gasteiger partial charge in [0.25, 0.3) is 0 Å². The third-order valence-corrected chi connectivity index (χ3v) is 4.88. The summed E-state index contributed by atoms with van der Waals surface area (Å²) in [6.07, 6.45) is 2.84. The molecule has 1 saturated heterocycles. The van der Waals surface area contributed by atoms with Crippen molar-refractivity contribution in [3.05, 3.63) is 35.4 Å². The minimum Gasteiger partial charge on any atom is -0.301 e. The zero-order chi connectivity index (χ0) is 14.8. The number of carbonyl (C=O) groups excluding carboxylic acids is 1. The Balaban J connectivity index is 1.54. The molecule has 1 unspecified atom stereocenters. The van der Waals surface area contributed by atoms with Crippen LogP contribution in [0.5, 0.6) is 0 Å². The van der Waals surface area contributed by atoms with Crippen molar-refractivity contribution in [2.75, 3.05) is 32.7 Å². The lowest BCUT2D eigenvalue weighted by Crippen LogP contribution is -2.52. The van der Waals surface area contributed by atoms with E-state index in [0.29, 0.717) is 0 Å². The van der Waals surface area contributed by atoms with E-state index in [1.807, 2.05) is 24.3 Å². The van der Waals surface area contributed by atoms with E-state index in [1.165, 1.54) is 24.9 Å². The summed E-state index contributed by atoms with van der Waals surface area (Å²) in [4.78, 5) is 17.5. The number of piperazine rings is 1. The van der Waals surface area contributed by atoms with Crippen LogP contribution in [0.4, 0.5) is 0 Å². The highest BCUT2D eigenvalue weighted by Gasteiger charge is 2.29. The summed E-state index contributed by atoms with van der Waals surface area (Å²) in [5.41, 5.74) is 2.04. The predicted octanol–water partition coefficient (Wildman–Crippen LogP) is 2.59. The van der Waals surface area contributed by atoms with Gasteiger partial charge in [0.2, 0.25) is 0 Å². The molecular formula is C18H26N2O. The van der Waals surface area contributed by atoms with Crippen molar-refractivity contribution in [1.82, 2.24) is 9.80 Å². The Bertz CT molecular complexity index is 484. The van der Waals surface area contributed by atoms with Crippen molar-refractivity contribution >= 4 is 5.78 Å². The summed E-state index contributed by atoms with van der Waals surface area (Å²) >= 11 is 0. The summed E-state index contributed by atoms with van der Waals surface area (Å²) in [5, 5.41) is 0. The summed E-state index contributed by atoms with van der Waals surface area (Å²) in [6.45, 7) is 9.64. The first-order chi connectivity index (χ1) is 10.1. The Morgan fingerprint density at radius 3 is 2.33 bits per heavy atom. The lowest BCUT2D eigenvalue weighted by atomic mass is 10.0. The number of rotatable bonds is 5. The van der Waals surface area contributed by atoms with Gasteiger partial charge in [-0.25, -0.2) is 0 Å². The summed E-state index contributed by atoms with van der Waals surface area (Å²) in [7, 11) is 0. The lowest BCUT2D eigenvalue weighted by Gasteiger charge is -2.37. The van der Waals surface area contributed by atoms with Crippen LogP contribution in [0.1, 0.15) is 35.7 Å². The topological polar surface area (TPSA) is 23.6 Å². The first kappa shape index (κ1) is 14.7. The quantitative estimate of drug-likeness (QED) is 0.777. The lowest BCUT2D eigenvalue weighted by molar-refractivity contribution is 0.0692. The van der Waals surface area contributed by atoms with E-state index in [2.05, 4.69) is 23.6 Å². The Morgan fingerprint density at radius 1 is 1.14 bits per heavy atom. The summed E-state index contributed by atoms with van der Waals surface area (Å²) in [6, 6.07) is 7.95. The third-order valence-electron chi connectivity index (χ3n) is 4.88. The largest absolute Gasteiger partial charge is 0.301 e. The number of hydrogen-bond acceptors (Lipinski definition) is 3. The molecule has 0 spiro atoms. The Morgan fingerprint density at radius 2 is 1.76 bits per heavy atom. The maximum Gasteiger partial charge on any atom is 0.179 e. The molecule has 1 aromatic carbocycles. The number of Topliss-reactive ketones (excluding diaryl/α,β-unsaturated/α-hetero) is 1. The van der Waals surface area contributed by atoms with Gasteiger partial charge in [0.1, 0.15) is 0 Å². The molecule has 114 valence electrons. The minimum atomic E-state index is -0.00391. The molecule has 0 aromatic heterocycles. The zero-order valence-corrected chi connectivity index (χ0v) is 13.2. The van der Waals surface area contributed by atoms with Gasteiger partial charge < -0.3 is 4.90 Å². The molecule has 0 N–H and O–H groups in total. The first-order valence-corrected chi connectivity index (χ1v) is 8.21. The molecule has 0 radical (unpaired) electrons. The third kappa shape index (κ3) is 3.72. The number of ketones is 1. The second-order valence-electron chi connectivity index (χ2n) is 6.69. The maximum atomic E-state index is 12.6. The molecule has 1 heterocycles. The van der Waals surface area contributed by atoms with E-state index >= 15 is 0 Å². The molecule has 0 bridgehead atoms. The Hall–Kier alpha value is -1.19. The van der Waals surface area contributed by atoms with Crippen molar-refractivity contribution in [3.63, 3.8) is 0 Å². The van der Waals surface area contributed by atoms with E-state index in [0.717, 1.165) is 37.7 Å². The van der Waals surface area contributed by atoms with E-state index in [-0.39, 0.29) is 11.8 Å². The van der Waals surface area contributed by atoms with Crippen LogP contribution in [0.15, 0.2) is 24.3 Å². The van der Waals surface area contributed by atoms with Crippen LogP contribution in [0.3, 0.4) is 0 Å². The average molecular weight is 286 g/mol. The van der Waals surface area contributed by atoms with Gasteiger partial charge in [-0.1, -0.05) is 29.8 Å². The van der Waals surface area contributed by atoms with Gasteiger partial charge in [0.05, 0.1) is 6.04 Å². The van der Waals surface area contributed by atoms with Crippen LogP contribution in [0.2, 0.25) is 0 Å². The van der Waals surface area contributed by atoms with Crippen LogP contribution in [0, 0.1) is 12.8 Å². The fourth-order valence-electron chi connectivity index (χ4n) is 3.12. The Kier molecular flexibility index (Phi) is 4.41. The van der Waals surface area contributed by atoms with Gasteiger partial charge in [-0.15, -0.1) is 0 Å². The summed E-state index contributed by atoms with van der Waals surface area (Å²) in [5.74, 6) is 1.22. The second-order valence-corrected chi connectivity index (χ2v) is 6.69. The molecule has 3 heteroatoms. The van der Waals surface area contributed by atoms with Crippen molar-refractivity contribution in [1.29, 1.82) is 0 Å². The molecule has 1 atom stereocenters. The fourth-order valence-corrected chi connectivity index (χ4v) is 3.12. The average Bonchev–Trinajstić information content (AvgIpc) is 3.31. The van der Waals surface area contributed by atoms with Crippen LogP contribution >= 0.6 is 0 Å². The van der Waals surface area contributed by atoms with Crippen LogP contribution in [-0.4, -0.2) is 54.3 Å². The SMILES string of the molecule is Cc1ccc(C(=O)C(C)N2CCN(CC3CC3)CC2)cc1. The molecule has 0 amide bonds. The first-order valence-electron chi connectivity index (χ1n) is 8.21. The smallest absolute Gasteiger partial charge is 0.179 e. The van der Waals surface area contributed by atoms with Gasteiger partial charge in [0.15, 0.2) is 5.78 Å². The fraction of sp³-hybridized carbons (Fsp3) is 0.611. The molecule has 21 heavy (non-hydrogen) atoms. The molecule has 1 aliphatic carbocycles. The highest BCUT2D eigenvalue weighted by Crippen LogP contribution is 2.30. The number of aryl methyl sites for hydroxylation is 1. The van der Waals surface area contributed by atoms with Crippen molar-refractivity contribution < 1.29 is 4.79 Å². The van der Waals surface area contributed by atoms with Gasteiger partial charge in [0, 0.05) is 38.3 Å². The highest BCUT2D eigenvalue weighted by atomic mass is 16.1. The van der Waals surface area contributed by atoms with E-state index in [4.69, 9.17) is 0 Å². The van der Waals surface area contributed by atoms with E-state index in [9.17, 15) is 4.79 Å². The molecule has 2 aliphatic rings. The van der Waals surface area contributed by atoms with Crippen molar-refractivity contribution in [3.8, 4) is 0 Å². The second kappa shape index (κ2) is 6.29. The molecular weight excluding hydrogens is 260 g/mol. The van der Waals surface area contributed by atoms with Crippen LogP contribution in [-0.2, 0) is 0 Å². The molecule has 1 aliphatic heterocycles. The monoisotopic (exact) mass is 286 g/mol. The van der Waals surface area contributed by atoms with Crippen LogP contribution in [0.25, 0.3) is 0 Å². The number of carbonyl (C=O) groups is 1. The highest BCUT2D eigenvalue weighted by molar-refractivity contribution is 5.99. The van der Waals surface area contributed by atoms with Gasteiger partial charge in [-0.05, 0) is 32.6 Å². The molecule has 2 fully saturated rings. The van der Waals surface area contributed by atoms with Crippen LogP contribution < -0.4 is 0 Å². The van der Waals surface area contributed by atoms with E-state index in [1.54, 1.807) is 0 Å². The maximum absolute atomic E-state index is 12.6. The summed E-state index contributed by atoms with van der Waals surface area (Å²) < 4.78 is 0. The molecule has 3 rings (SSSR count). The minimum absolute atomic E-state index is 0.00391. The van der Waals surface area contributed by atoms with Gasteiger partial charge in [-0.2, -0.15) is 0 Å². The van der Waals surface area contributed by atoms with Gasteiger partial charge in [-0.3, -0.25) is 9.69 Å². The van der Waals surface area contributed by atoms with Crippen molar-refractivity contribution in [2.45, 2.75) is 32.7 Å². The van der Waals surface area contributed by atoms with E-state index < -0.39 is 0 Å². The molecule has 1 saturated carbocycles. The zero-order valence-electron chi connectivity index (χ0n) is 13.2.